The lowest BCUT2D eigenvalue weighted by atomic mass is 10.1. The highest BCUT2D eigenvalue weighted by Crippen LogP contribution is 2.27. The van der Waals surface area contributed by atoms with E-state index in [0.717, 1.165) is 6.26 Å². The predicted molar refractivity (Wildman–Crippen MR) is 129 cm³/mol. The first kappa shape index (κ1) is 23.2. The predicted octanol–water partition coefficient (Wildman–Crippen LogP) is 2.95. The van der Waals surface area contributed by atoms with Gasteiger partial charge in [0.05, 0.1) is 27.4 Å². The van der Waals surface area contributed by atoms with Gasteiger partial charge in [0.2, 0.25) is 5.88 Å². The second-order valence-electron chi connectivity index (χ2n) is 8.24. The van der Waals surface area contributed by atoms with E-state index in [1.165, 1.54) is 30.9 Å². The topological polar surface area (TPSA) is 120 Å². The third-order valence-corrected chi connectivity index (χ3v) is 7.13. The van der Waals surface area contributed by atoms with Gasteiger partial charge in [-0.3, -0.25) is 9.78 Å². The summed E-state index contributed by atoms with van der Waals surface area (Å²) in [5.41, 5.74) is 1.67. The van der Waals surface area contributed by atoms with Gasteiger partial charge in [-0.05, 0) is 30.3 Å². The van der Waals surface area contributed by atoms with Crippen molar-refractivity contribution in [2.75, 3.05) is 19.3 Å². The Morgan fingerprint density at radius 1 is 1.09 bits per heavy atom. The standard InChI is InChI=1S/C23H21ClN6O4S/c1-35(32,33)19-4-2-17(3-5-19)30-21-20(13-28-30)22(27-14-26-21)34-18-6-8-29(9-7-18)23(31)15-10-16(24)12-25-11-15/h2-5,10-14,18H,6-9H2,1H3. The molecule has 1 aliphatic rings. The second kappa shape index (κ2) is 9.23. The Morgan fingerprint density at radius 3 is 2.51 bits per heavy atom. The number of benzene rings is 1. The largest absolute Gasteiger partial charge is 0.474 e. The van der Waals surface area contributed by atoms with Gasteiger partial charge in [0.15, 0.2) is 15.5 Å². The first-order valence-corrected chi connectivity index (χ1v) is 13.1. The van der Waals surface area contributed by atoms with Crippen molar-refractivity contribution in [1.29, 1.82) is 0 Å². The second-order valence-corrected chi connectivity index (χ2v) is 10.7. The SMILES string of the molecule is CS(=O)(=O)c1ccc(-n2ncc3c(OC4CCN(C(=O)c5cncc(Cl)c5)CC4)ncnc32)cc1. The number of amides is 1. The van der Waals surface area contributed by atoms with E-state index in [4.69, 9.17) is 16.3 Å². The zero-order valence-corrected chi connectivity index (χ0v) is 20.3. The Bertz CT molecular complexity index is 1500. The van der Waals surface area contributed by atoms with Gasteiger partial charge in [0.25, 0.3) is 5.91 Å². The molecule has 180 valence electrons. The van der Waals surface area contributed by atoms with Crippen LogP contribution in [0.2, 0.25) is 5.02 Å². The molecule has 1 aromatic carbocycles. The van der Waals surface area contributed by atoms with Crippen LogP contribution in [0.25, 0.3) is 16.7 Å². The van der Waals surface area contributed by atoms with E-state index in [1.54, 1.807) is 34.0 Å². The number of likely N-dealkylation sites (tertiary alicyclic amines) is 1. The van der Waals surface area contributed by atoms with Gasteiger partial charge in [0, 0.05) is 44.6 Å². The van der Waals surface area contributed by atoms with Gasteiger partial charge in [0.1, 0.15) is 17.8 Å². The molecular weight excluding hydrogens is 492 g/mol. The molecule has 1 amide bonds. The number of carbonyl (C=O) groups is 1. The van der Waals surface area contributed by atoms with Crippen molar-refractivity contribution in [2.24, 2.45) is 0 Å². The molecule has 35 heavy (non-hydrogen) atoms. The summed E-state index contributed by atoms with van der Waals surface area (Å²) in [6.45, 7) is 1.08. The van der Waals surface area contributed by atoms with Gasteiger partial charge in [-0.1, -0.05) is 11.6 Å². The Kier molecular flexibility index (Phi) is 6.12. The number of ether oxygens (including phenoxy) is 1. The van der Waals surface area contributed by atoms with E-state index in [0.29, 0.717) is 59.1 Å². The van der Waals surface area contributed by atoms with Crippen LogP contribution >= 0.6 is 11.6 Å². The molecule has 0 saturated carbocycles. The van der Waals surface area contributed by atoms with Crippen LogP contribution in [0, 0.1) is 0 Å². The van der Waals surface area contributed by atoms with Crippen molar-refractivity contribution in [1.82, 2.24) is 29.6 Å². The number of halogens is 1. The Balaban J connectivity index is 1.29. The molecule has 10 nitrogen and oxygen atoms in total. The molecule has 5 rings (SSSR count). The smallest absolute Gasteiger partial charge is 0.255 e. The molecule has 3 aromatic heterocycles. The minimum atomic E-state index is -3.29. The maximum Gasteiger partial charge on any atom is 0.255 e. The first-order valence-electron chi connectivity index (χ1n) is 10.9. The number of nitrogens with zero attached hydrogens (tertiary/aromatic N) is 6. The van der Waals surface area contributed by atoms with E-state index in [1.807, 2.05) is 0 Å². The quantitative estimate of drug-likeness (QED) is 0.400. The molecular formula is C23H21ClN6O4S. The molecule has 0 aliphatic carbocycles. The van der Waals surface area contributed by atoms with Crippen LogP contribution < -0.4 is 4.74 Å². The summed E-state index contributed by atoms with van der Waals surface area (Å²) in [7, 11) is -3.29. The van der Waals surface area contributed by atoms with Crippen LogP contribution in [0.3, 0.4) is 0 Å². The molecule has 0 spiro atoms. The summed E-state index contributed by atoms with van der Waals surface area (Å²) in [5, 5.41) is 5.47. The third kappa shape index (κ3) is 4.82. The molecule has 1 saturated heterocycles. The minimum absolute atomic E-state index is 0.106. The van der Waals surface area contributed by atoms with Crippen LogP contribution in [-0.2, 0) is 9.84 Å². The maximum atomic E-state index is 12.7. The van der Waals surface area contributed by atoms with E-state index in [-0.39, 0.29) is 16.9 Å². The molecule has 0 radical (unpaired) electrons. The molecule has 1 aliphatic heterocycles. The third-order valence-electron chi connectivity index (χ3n) is 5.80. The monoisotopic (exact) mass is 512 g/mol. The fraction of sp³-hybridized carbons (Fsp3) is 0.261. The number of rotatable bonds is 5. The summed E-state index contributed by atoms with van der Waals surface area (Å²) < 4.78 is 31.2. The van der Waals surface area contributed by atoms with Gasteiger partial charge < -0.3 is 9.64 Å². The van der Waals surface area contributed by atoms with E-state index < -0.39 is 9.84 Å². The molecule has 4 aromatic rings. The molecule has 0 atom stereocenters. The van der Waals surface area contributed by atoms with Crippen LogP contribution in [0.1, 0.15) is 23.2 Å². The fourth-order valence-corrected chi connectivity index (χ4v) is 4.79. The summed E-state index contributed by atoms with van der Waals surface area (Å²) in [6.07, 6.45) is 8.38. The first-order chi connectivity index (χ1) is 16.8. The number of hydrogen-bond donors (Lipinski definition) is 0. The van der Waals surface area contributed by atoms with Crippen molar-refractivity contribution in [3.8, 4) is 11.6 Å². The highest BCUT2D eigenvalue weighted by molar-refractivity contribution is 7.90. The molecule has 0 N–H and O–H groups in total. The number of pyridine rings is 1. The highest BCUT2D eigenvalue weighted by atomic mass is 35.5. The fourth-order valence-electron chi connectivity index (χ4n) is 3.99. The lowest BCUT2D eigenvalue weighted by molar-refractivity contribution is 0.0590. The van der Waals surface area contributed by atoms with E-state index in [9.17, 15) is 13.2 Å². The van der Waals surface area contributed by atoms with Crippen molar-refractivity contribution < 1.29 is 17.9 Å². The number of hydrogen-bond acceptors (Lipinski definition) is 8. The summed E-state index contributed by atoms with van der Waals surface area (Å²) in [5.74, 6) is 0.309. The molecule has 0 unspecified atom stereocenters. The molecule has 4 heterocycles. The number of aromatic nitrogens is 5. The minimum Gasteiger partial charge on any atom is -0.474 e. The van der Waals surface area contributed by atoms with Gasteiger partial charge in [-0.25, -0.2) is 23.1 Å². The normalized spacial score (nSPS) is 14.9. The van der Waals surface area contributed by atoms with E-state index in [2.05, 4.69) is 20.1 Å². The Labute approximate surface area is 206 Å². The summed E-state index contributed by atoms with van der Waals surface area (Å²) >= 11 is 5.96. The Morgan fingerprint density at radius 2 is 1.83 bits per heavy atom. The lowest BCUT2D eigenvalue weighted by Gasteiger charge is -2.32. The van der Waals surface area contributed by atoms with Crippen LogP contribution in [0.4, 0.5) is 0 Å². The Hall–Kier alpha value is -3.57. The average Bonchev–Trinajstić information content (AvgIpc) is 3.29. The zero-order valence-electron chi connectivity index (χ0n) is 18.7. The van der Waals surface area contributed by atoms with Gasteiger partial charge in [-0.2, -0.15) is 5.10 Å². The van der Waals surface area contributed by atoms with Crippen molar-refractivity contribution >= 4 is 38.4 Å². The summed E-state index contributed by atoms with van der Waals surface area (Å²) in [6, 6.07) is 8.03. The van der Waals surface area contributed by atoms with Gasteiger partial charge in [-0.15, -0.1) is 0 Å². The van der Waals surface area contributed by atoms with Crippen LogP contribution in [0.5, 0.6) is 5.88 Å². The number of fused-ring (bicyclic) bond motifs is 1. The van der Waals surface area contributed by atoms with Crippen molar-refractivity contribution in [3.63, 3.8) is 0 Å². The highest BCUT2D eigenvalue weighted by Gasteiger charge is 2.26. The molecule has 0 bridgehead atoms. The number of piperidine rings is 1. The molecule has 12 heteroatoms. The maximum absolute atomic E-state index is 12.7. The number of sulfone groups is 1. The molecule has 1 fully saturated rings. The average molecular weight is 513 g/mol. The van der Waals surface area contributed by atoms with Crippen LogP contribution in [-0.4, -0.2) is 69.4 Å². The zero-order chi connectivity index (χ0) is 24.6. The van der Waals surface area contributed by atoms with Crippen molar-refractivity contribution in [3.05, 3.63) is 65.8 Å². The van der Waals surface area contributed by atoms with E-state index >= 15 is 0 Å². The lowest BCUT2D eigenvalue weighted by Crippen LogP contribution is -2.41. The number of carbonyl (C=O) groups excluding carboxylic acids is 1. The van der Waals surface area contributed by atoms with Crippen LogP contribution in [0.15, 0.2) is 60.1 Å². The van der Waals surface area contributed by atoms with Gasteiger partial charge >= 0.3 is 0 Å². The van der Waals surface area contributed by atoms with Crippen molar-refractivity contribution in [2.45, 2.75) is 23.8 Å². The summed E-state index contributed by atoms with van der Waals surface area (Å²) in [4.78, 5) is 27.3.